The summed E-state index contributed by atoms with van der Waals surface area (Å²) in [6, 6.07) is 10.5. The highest BCUT2D eigenvalue weighted by atomic mass is 32.2. The summed E-state index contributed by atoms with van der Waals surface area (Å²) in [6.07, 6.45) is 0. The molecule has 0 aromatic heterocycles. The molecule has 1 fully saturated rings. The highest BCUT2D eigenvalue weighted by molar-refractivity contribution is 8.00. The Morgan fingerprint density at radius 3 is 2.43 bits per heavy atom. The van der Waals surface area contributed by atoms with Gasteiger partial charge in [-0.25, -0.2) is 0 Å². The number of benzene rings is 1. The summed E-state index contributed by atoms with van der Waals surface area (Å²) in [5.74, 6) is 1.15. The molecule has 1 aliphatic rings. The summed E-state index contributed by atoms with van der Waals surface area (Å²) < 4.78 is 0. The van der Waals surface area contributed by atoms with Crippen molar-refractivity contribution in [3.05, 3.63) is 30.3 Å². The number of carbonyl (C=O) groups is 1. The number of nitrogens with zero attached hydrogens (tertiary/aromatic N) is 2. The molecule has 1 aromatic rings. The van der Waals surface area contributed by atoms with Crippen LogP contribution >= 0.6 is 11.8 Å². The van der Waals surface area contributed by atoms with Crippen molar-refractivity contribution < 1.29 is 4.79 Å². The molecule has 1 aromatic carbocycles. The average molecular weight is 336 g/mol. The van der Waals surface area contributed by atoms with Gasteiger partial charge in [-0.3, -0.25) is 9.69 Å². The summed E-state index contributed by atoms with van der Waals surface area (Å²) in [7, 11) is 2.17. The van der Waals surface area contributed by atoms with Crippen LogP contribution in [0.15, 0.2) is 35.2 Å². The van der Waals surface area contributed by atoms with Crippen LogP contribution in [-0.4, -0.2) is 67.3 Å². The first-order valence-corrected chi connectivity index (χ1v) is 9.42. The molecule has 1 N–H and O–H groups in total. The third kappa shape index (κ3) is 6.16. The van der Waals surface area contributed by atoms with Gasteiger partial charge in [-0.05, 0) is 25.1 Å². The second-order valence-corrected chi connectivity index (χ2v) is 7.61. The maximum atomic E-state index is 12.1. The van der Waals surface area contributed by atoms with E-state index >= 15 is 0 Å². The van der Waals surface area contributed by atoms with Gasteiger partial charge in [0.25, 0.3) is 0 Å². The van der Waals surface area contributed by atoms with Gasteiger partial charge in [-0.1, -0.05) is 32.0 Å². The molecule has 0 saturated carbocycles. The van der Waals surface area contributed by atoms with Gasteiger partial charge in [0.15, 0.2) is 0 Å². The number of thioether (sulfide) groups is 1. The van der Waals surface area contributed by atoms with E-state index in [1.807, 2.05) is 30.3 Å². The standard InChI is InChI=1S/C18H29N3OS/c1-15(2)17(21-11-9-20(3)10-12-21)13-19-18(22)14-23-16-7-5-4-6-8-16/h4-8,15,17H,9-14H2,1-3H3,(H,19,22). The van der Waals surface area contributed by atoms with Gasteiger partial charge in [-0.15, -0.1) is 11.8 Å². The highest BCUT2D eigenvalue weighted by Gasteiger charge is 2.25. The van der Waals surface area contributed by atoms with Crippen molar-refractivity contribution in [2.75, 3.05) is 45.5 Å². The lowest BCUT2D eigenvalue weighted by Crippen LogP contribution is -2.54. The molecule has 1 heterocycles. The second kappa shape index (κ2) is 9.30. The van der Waals surface area contributed by atoms with E-state index in [0.717, 1.165) is 37.6 Å². The Morgan fingerprint density at radius 2 is 1.83 bits per heavy atom. The third-order valence-corrected chi connectivity index (χ3v) is 5.41. The Labute approximate surface area is 144 Å². The van der Waals surface area contributed by atoms with Crippen LogP contribution in [0.4, 0.5) is 0 Å². The molecule has 5 heteroatoms. The van der Waals surface area contributed by atoms with E-state index in [0.29, 0.717) is 17.7 Å². The first kappa shape index (κ1) is 18.3. The Hall–Kier alpha value is -1.04. The maximum absolute atomic E-state index is 12.1. The van der Waals surface area contributed by atoms with Crippen LogP contribution in [0.5, 0.6) is 0 Å². The highest BCUT2D eigenvalue weighted by Crippen LogP contribution is 2.17. The zero-order chi connectivity index (χ0) is 16.7. The van der Waals surface area contributed by atoms with E-state index < -0.39 is 0 Å². The van der Waals surface area contributed by atoms with Crippen molar-refractivity contribution in [3.8, 4) is 0 Å². The van der Waals surface area contributed by atoms with Gasteiger partial charge in [0.05, 0.1) is 5.75 Å². The Morgan fingerprint density at radius 1 is 1.17 bits per heavy atom. The number of nitrogens with one attached hydrogen (secondary N) is 1. The quantitative estimate of drug-likeness (QED) is 0.775. The fourth-order valence-corrected chi connectivity index (χ4v) is 3.62. The molecule has 0 bridgehead atoms. The zero-order valence-corrected chi connectivity index (χ0v) is 15.3. The molecule has 1 atom stereocenters. The minimum absolute atomic E-state index is 0.124. The van der Waals surface area contributed by atoms with Crippen molar-refractivity contribution in [1.82, 2.24) is 15.1 Å². The van der Waals surface area contributed by atoms with Crippen LogP contribution in [0.25, 0.3) is 0 Å². The van der Waals surface area contributed by atoms with Gasteiger partial charge in [-0.2, -0.15) is 0 Å². The number of amides is 1. The molecule has 128 valence electrons. The van der Waals surface area contributed by atoms with Gasteiger partial charge < -0.3 is 10.2 Å². The van der Waals surface area contributed by atoms with Crippen LogP contribution in [0.3, 0.4) is 0 Å². The molecule has 2 rings (SSSR count). The van der Waals surface area contributed by atoms with Crippen molar-refractivity contribution in [2.45, 2.75) is 24.8 Å². The normalized spacial score (nSPS) is 18.1. The number of likely N-dealkylation sites (N-methyl/N-ethyl adjacent to an activating group) is 1. The lowest BCUT2D eigenvalue weighted by molar-refractivity contribution is -0.118. The predicted molar refractivity (Wildman–Crippen MR) is 97.9 cm³/mol. The van der Waals surface area contributed by atoms with E-state index in [9.17, 15) is 4.79 Å². The van der Waals surface area contributed by atoms with E-state index in [1.165, 1.54) is 0 Å². The molecule has 4 nitrogen and oxygen atoms in total. The van der Waals surface area contributed by atoms with E-state index in [-0.39, 0.29) is 5.91 Å². The SMILES string of the molecule is CC(C)C(CNC(=O)CSc1ccccc1)N1CCN(C)CC1. The van der Waals surface area contributed by atoms with Gasteiger partial charge >= 0.3 is 0 Å². The van der Waals surface area contributed by atoms with Crippen molar-refractivity contribution >= 4 is 17.7 Å². The molecule has 0 aliphatic carbocycles. The minimum Gasteiger partial charge on any atom is -0.354 e. The Bertz CT molecular complexity index is 472. The van der Waals surface area contributed by atoms with Crippen LogP contribution in [0.1, 0.15) is 13.8 Å². The molecular weight excluding hydrogens is 306 g/mol. The van der Waals surface area contributed by atoms with Crippen LogP contribution in [-0.2, 0) is 4.79 Å². The number of hydrogen-bond donors (Lipinski definition) is 1. The molecule has 0 spiro atoms. The molecule has 1 amide bonds. The van der Waals surface area contributed by atoms with Crippen molar-refractivity contribution in [3.63, 3.8) is 0 Å². The fraction of sp³-hybridized carbons (Fsp3) is 0.611. The zero-order valence-electron chi connectivity index (χ0n) is 14.5. The summed E-state index contributed by atoms with van der Waals surface area (Å²) in [5.41, 5.74) is 0. The first-order chi connectivity index (χ1) is 11.1. The molecular formula is C18H29N3OS. The van der Waals surface area contributed by atoms with Crippen molar-refractivity contribution in [1.29, 1.82) is 0 Å². The summed E-state index contributed by atoms with van der Waals surface area (Å²) in [4.78, 5) is 18.1. The number of piperazine rings is 1. The van der Waals surface area contributed by atoms with Crippen LogP contribution in [0, 0.1) is 5.92 Å². The lowest BCUT2D eigenvalue weighted by Gasteiger charge is -2.39. The molecule has 1 unspecified atom stereocenters. The summed E-state index contributed by atoms with van der Waals surface area (Å²) in [6.45, 7) is 9.64. The third-order valence-electron chi connectivity index (χ3n) is 4.40. The molecule has 1 aliphatic heterocycles. The van der Waals surface area contributed by atoms with Crippen molar-refractivity contribution in [2.24, 2.45) is 5.92 Å². The first-order valence-electron chi connectivity index (χ1n) is 8.43. The number of hydrogen-bond acceptors (Lipinski definition) is 4. The Kier molecular flexibility index (Phi) is 7.40. The second-order valence-electron chi connectivity index (χ2n) is 6.56. The Balaban J connectivity index is 1.76. The monoisotopic (exact) mass is 335 g/mol. The number of carbonyl (C=O) groups excluding carboxylic acids is 1. The van der Waals surface area contributed by atoms with Crippen LogP contribution in [0.2, 0.25) is 0 Å². The minimum atomic E-state index is 0.124. The molecule has 0 radical (unpaired) electrons. The van der Waals surface area contributed by atoms with E-state index in [4.69, 9.17) is 0 Å². The summed E-state index contributed by atoms with van der Waals surface area (Å²) >= 11 is 1.59. The molecule has 23 heavy (non-hydrogen) atoms. The predicted octanol–water partition coefficient (Wildman–Crippen LogP) is 2.17. The average Bonchev–Trinajstić information content (AvgIpc) is 2.55. The smallest absolute Gasteiger partial charge is 0.230 e. The summed E-state index contributed by atoms with van der Waals surface area (Å²) in [5, 5.41) is 3.13. The van der Waals surface area contributed by atoms with E-state index in [1.54, 1.807) is 11.8 Å². The number of rotatable bonds is 7. The topological polar surface area (TPSA) is 35.6 Å². The largest absolute Gasteiger partial charge is 0.354 e. The van der Waals surface area contributed by atoms with Gasteiger partial charge in [0.1, 0.15) is 0 Å². The van der Waals surface area contributed by atoms with E-state index in [2.05, 4.69) is 36.0 Å². The fourth-order valence-electron chi connectivity index (χ4n) is 2.88. The van der Waals surface area contributed by atoms with Gasteiger partial charge in [0.2, 0.25) is 5.91 Å². The van der Waals surface area contributed by atoms with Crippen LogP contribution < -0.4 is 5.32 Å². The molecule has 1 saturated heterocycles. The maximum Gasteiger partial charge on any atom is 0.230 e. The van der Waals surface area contributed by atoms with Gasteiger partial charge in [0, 0.05) is 43.7 Å². The lowest BCUT2D eigenvalue weighted by atomic mass is 10.0.